The fraction of sp³-hybridized carbons (Fsp3) is 0.143. The largest absolute Gasteiger partial charge is 0.508 e. The molecule has 0 unspecified atom stereocenters. The fourth-order valence-electron chi connectivity index (χ4n) is 1.84. The number of aromatic hydroxyl groups is 1. The summed E-state index contributed by atoms with van der Waals surface area (Å²) in [6.45, 7) is 0.165. The molecule has 2 rings (SSSR count). The van der Waals surface area contributed by atoms with E-state index in [1.54, 1.807) is 24.3 Å². The van der Waals surface area contributed by atoms with Crippen LogP contribution in [0.5, 0.6) is 11.5 Å². The Balaban J connectivity index is 2.26. The Labute approximate surface area is 126 Å². The lowest BCUT2D eigenvalue weighted by molar-refractivity contribution is -0.384. The van der Waals surface area contributed by atoms with Gasteiger partial charge in [0.05, 0.1) is 18.1 Å². The van der Waals surface area contributed by atoms with Crippen molar-refractivity contribution < 1.29 is 14.8 Å². The molecule has 0 saturated heterocycles. The summed E-state index contributed by atoms with van der Waals surface area (Å²) < 4.78 is 4.97. The van der Waals surface area contributed by atoms with Gasteiger partial charge in [0.1, 0.15) is 17.2 Å². The molecule has 0 saturated carbocycles. The summed E-state index contributed by atoms with van der Waals surface area (Å²) in [5.74, 6) is 0.430. The second-order valence-electron chi connectivity index (χ2n) is 4.23. The second kappa shape index (κ2) is 6.32. The maximum absolute atomic E-state index is 11.1. The first-order valence-corrected chi connectivity index (χ1v) is 6.43. The number of phenols is 1. The van der Waals surface area contributed by atoms with E-state index >= 15 is 0 Å². The Bertz CT molecular complexity index is 656. The Morgan fingerprint density at radius 1 is 1.38 bits per heavy atom. The Kier molecular flexibility index (Phi) is 4.49. The van der Waals surface area contributed by atoms with Gasteiger partial charge in [0.15, 0.2) is 0 Å². The Hall–Kier alpha value is -2.47. The van der Waals surface area contributed by atoms with Gasteiger partial charge in [-0.2, -0.15) is 0 Å². The van der Waals surface area contributed by atoms with E-state index in [1.807, 2.05) is 0 Å². The molecule has 0 heterocycles. The molecule has 0 amide bonds. The molecule has 110 valence electrons. The number of rotatable bonds is 5. The summed E-state index contributed by atoms with van der Waals surface area (Å²) in [4.78, 5) is 10.6. The third kappa shape index (κ3) is 3.35. The SMILES string of the molecule is COc1ccc(NCc2c(O)cccc2Cl)c([N+](=O)[O-])c1. The van der Waals surface area contributed by atoms with Gasteiger partial charge in [0.2, 0.25) is 0 Å². The summed E-state index contributed by atoms with van der Waals surface area (Å²) in [6.07, 6.45) is 0. The molecule has 0 aliphatic rings. The van der Waals surface area contributed by atoms with Crippen LogP contribution in [-0.4, -0.2) is 17.1 Å². The smallest absolute Gasteiger partial charge is 0.296 e. The second-order valence-corrected chi connectivity index (χ2v) is 4.64. The maximum atomic E-state index is 11.1. The summed E-state index contributed by atoms with van der Waals surface area (Å²) in [5.41, 5.74) is 0.685. The van der Waals surface area contributed by atoms with Crippen LogP contribution >= 0.6 is 11.6 Å². The molecule has 21 heavy (non-hydrogen) atoms. The lowest BCUT2D eigenvalue weighted by Gasteiger charge is -2.10. The van der Waals surface area contributed by atoms with E-state index in [9.17, 15) is 15.2 Å². The molecular weight excluding hydrogens is 296 g/mol. The highest BCUT2D eigenvalue weighted by Crippen LogP contribution is 2.31. The average molecular weight is 309 g/mol. The number of phenolic OH excluding ortho intramolecular Hbond substituents is 1. The first-order valence-electron chi connectivity index (χ1n) is 6.05. The van der Waals surface area contributed by atoms with Gasteiger partial charge in [-0.05, 0) is 24.3 Å². The first kappa shape index (κ1) is 14.9. The summed E-state index contributed by atoms with van der Waals surface area (Å²) in [6, 6.07) is 9.25. The van der Waals surface area contributed by atoms with Gasteiger partial charge in [0.25, 0.3) is 5.69 Å². The fourth-order valence-corrected chi connectivity index (χ4v) is 2.08. The molecule has 6 nitrogen and oxygen atoms in total. The molecular formula is C14H13ClN2O4. The number of ether oxygens (including phenoxy) is 1. The summed E-state index contributed by atoms with van der Waals surface area (Å²) in [7, 11) is 1.44. The summed E-state index contributed by atoms with van der Waals surface area (Å²) in [5, 5.41) is 24.1. The summed E-state index contributed by atoms with van der Waals surface area (Å²) >= 11 is 5.99. The molecule has 0 aliphatic heterocycles. The molecule has 0 spiro atoms. The van der Waals surface area contributed by atoms with E-state index in [0.717, 1.165) is 0 Å². The molecule has 0 aromatic heterocycles. The van der Waals surface area contributed by atoms with Crippen molar-refractivity contribution in [3.8, 4) is 11.5 Å². The van der Waals surface area contributed by atoms with E-state index in [0.29, 0.717) is 22.0 Å². The van der Waals surface area contributed by atoms with Crippen LogP contribution in [0.4, 0.5) is 11.4 Å². The Morgan fingerprint density at radius 3 is 2.76 bits per heavy atom. The van der Waals surface area contributed by atoms with Gasteiger partial charge < -0.3 is 15.2 Å². The van der Waals surface area contributed by atoms with Crippen LogP contribution in [0, 0.1) is 10.1 Å². The highest BCUT2D eigenvalue weighted by Gasteiger charge is 2.16. The minimum atomic E-state index is -0.503. The van der Waals surface area contributed by atoms with Gasteiger partial charge in [0, 0.05) is 17.1 Å². The maximum Gasteiger partial charge on any atom is 0.296 e. The third-order valence-corrected chi connectivity index (χ3v) is 3.31. The number of halogens is 1. The van der Waals surface area contributed by atoms with Gasteiger partial charge >= 0.3 is 0 Å². The molecule has 7 heteroatoms. The van der Waals surface area contributed by atoms with Crippen LogP contribution in [-0.2, 0) is 6.54 Å². The first-order chi connectivity index (χ1) is 10.0. The predicted octanol–water partition coefficient (Wildman–Crippen LogP) is 3.57. The molecule has 2 N–H and O–H groups in total. The highest BCUT2D eigenvalue weighted by atomic mass is 35.5. The zero-order chi connectivity index (χ0) is 15.4. The van der Waals surface area contributed by atoms with Gasteiger partial charge in [-0.1, -0.05) is 17.7 Å². The quantitative estimate of drug-likeness (QED) is 0.651. The molecule has 0 bridgehead atoms. The van der Waals surface area contributed by atoms with Crippen LogP contribution in [0.15, 0.2) is 36.4 Å². The number of nitrogens with zero attached hydrogens (tertiary/aromatic N) is 1. The van der Waals surface area contributed by atoms with Crippen molar-refractivity contribution in [2.45, 2.75) is 6.54 Å². The minimum Gasteiger partial charge on any atom is -0.508 e. The number of anilines is 1. The predicted molar refractivity (Wildman–Crippen MR) is 80.1 cm³/mol. The Morgan fingerprint density at radius 2 is 2.14 bits per heavy atom. The monoisotopic (exact) mass is 308 g/mol. The normalized spacial score (nSPS) is 10.2. The van der Waals surface area contributed by atoms with Crippen molar-refractivity contribution in [3.05, 3.63) is 57.1 Å². The number of nitro groups is 1. The van der Waals surface area contributed by atoms with Crippen molar-refractivity contribution >= 4 is 23.0 Å². The van der Waals surface area contributed by atoms with E-state index in [-0.39, 0.29) is 18.0 Å². The standard InChI is InChI=1S/C14H13ClN2O4/c1-21-9-5-6-12(13(7-9)17(19)20)16-8-10-11(15)3-2-4-14(10)18/h2-7,16,18H,8H2,1H3. The molecule has 0 fully saturated rings. The zero-order valence-electron chi connectivity index (χ0n) is 11.2. The number of nitrogens with one attached hydrogen (secondary N) is 1. The molecule has 2 aromatic carbocycles. The van der Waals surface area contributed by atoms with Crippen LogP contribution in [0.25, 0.3) is 0 Å². The van der Waals surface area contributed by atoms with Crippen molar-refractivity contribution in [3.63, 3.8) is 0 Å². The van der Waals surface area contributed by atoms with Crippen molar-refractivity contribution in [1.29, 1.82) is 0 Å². The van der Waals surface area contributed by atoms with Crippen LogP contribution in [0.1, 0.15) is 5.56 Å². The van der Waals surface area contributed by atoms with Gasteiger partial charge in [-0.15, -0.1) is 0 Å². The number of nitro benzene ring substituents is 1. The van der Waals surface area contributed by atoms with Crippen LogP contribution < -0.4 is 10.1 Å². The number of benzene rings is 2. The number of hydrogen-bond acceptors (Lipinski definition) is 5. The minimum absolute atomic E-state index is 0.0335. The lowest BCUT2D eigenvalue weighted by atomic mass is 10.2. The van der Waals surface area contributed by atoms with Gasteiger partial charge in [-0.25, -0.2) is 0 Å². The van der Waals surface area contributed by atoms with Crippen molar-refractivity contribution in [1.82, 2.24) is 0 Å². The molecule has 0 atom stereocenters. The van der Waals surface area contributed by atoms with Crippen LogP contribution in [0.2, 0.25) is 5.02 Å². The third-order valence-electron chi connectivity index (χ3n) is 2.95. The molecule has 0 aliphatic carbocycles. The number of hydrogen-bond donors (Lipinski definition) is 2. The number of methoxy groups -OCH3 is 1. The topological polar surface area (TPSA) is 84.6 Å². The van der Waals surface area contributed by atoms with Crippen molar-refractivity contribution in [2.75, 3.05) is 12.4 Å². The average Bonchev–Trinajstić information content (AvgIpc) is 2.46. The van der Waals surface area contributed by atoms with E-state index in [2.05, 4.69) is 5.32 Å². The highest BCUT2D eigenvalue weighted by molar-refractivity contribution is 6.31. The van der Waals surface area contributed by atoms with Gasteiger partial charge in [-0.3, -0.25) is 10.1 Å². The van der Waals surface area contributed by atoms with Crippen LogP contribution in [0.3, 0.4) is 0 Å². The van der Waals surface area contributed by atoms with E-state index < -0.39 is 4.92 Å². The van der Waals surface area contributed by atoms with E-state index in [4.69, 9.17) is 16.3 Å². The zero-order valence-corrected chi connectivity index (χ0v) is 11.9. The lowest BCUT2D eigenvalue weighted by Crippen LogP contribution is -2.03. The molecule has 0 radical (unpaired) electrons. The van der Waals surface area contributed by atoms with E-state index in [1.165, 1.54) is 19.2 Å². The van der Waals surface area contributed by atoms with Crippen molar-refractivity contribution in [2.24, 2.45) is 0 Å². The molecule has 2 aromatic rings.